The van der Waals surface area contributed by atoms with Gasteiger partial charge in [-0.25, -0.2) is 28.6 Å². The van der Waals surface area contributed by atoms with E-state index in [1.165, 1.54) is 20.8 Å². The number of benzene rings is 4. The molecule has 0 radical (unpaired) electrons. The van der Waals surface area contributed by atoms with Crippen LogP contribution in [0.3, 0.4) is 0 Å². The number of carbonyl (C=O) groups excluding carboxylic acids is 3. The van der Waals surface area contributed by atoms with E-state index in [2.05, 4.69) is 58.9 Å². The number of aromatic nitrogens is 4. The zero-order chi connectivity index (χ0) is 73.1. The molecule has 2 aromatic heterocycles. The Labute approximate surface area is 594 Å². The van der Waals surface area contributed by atoms with E-state index < -0.39 is 115 Å². The maximum Gasteiger partial charge on any atom is 0.481 e. The van der Waals surface area contributed by atoms with Crippen LogP contribution in [0, 0.1) is 29.1 Å². The Bertz CT molecular complexity index is 3910. The third-order valence-corrected chi connectivity index (χ3v) is 20.1. The lowest BCUT2D eigenvalue weighted by atomic mass is 9.87. The van der Waals surface area contributed by atoms with E-state index in [1.54, 1.807) is 11.8 Å². The van der Waals surface area contributed by atoms with Gasteiger partial charge in [0.2, 0.25) is 17.7 Å². The van der Waals surface area contributed by atoms with Crippen LogP contribution in [0.25, 0.3) is 11.2 Å². The van der Waals surface area contributed by atoms with Gasteiger partial charge in [0.25, 0.3) is 0 Å². The van der Waals surface area contributed by atoms with Gasteiger partial charge in [-0.05, 0) is 46.9 Å². The number of nitrogens with one attached hydrogen (secondary N) is 3. The summed E-state index contributed by atoms with van der Waals surface area (Å²) in [4.78, 5) is 90.4. The van der Waals surface area contributed by atoms with E-state index >= 15 is 0 Å². The number of hydrogen-bond donors (Lipinski definition) is 10. The minimum Gasteiger partial charge on any atom is -0.386 e. The first-order valence-corrected chi connectivity index (χ1v) is 37.9. The summed E-state index contributed by atoms with van der Waals surface area (Å²) in [6.07, 6.45) is -8.50. The summed E-state index contributed by atoms with van der Waals surface area (Å²) in [6, 6.07) is 38.4. The summed E-state index contributed by atoms with van der Waals surface area (Å²) in [5.41, 5.74) is 8.26. The van der Waals surface area contributed by atoms with Crippen molar-refractivity contribution in [2.75, 3.05) is 70.8 Å². The summed E-state index contributed by atoms with van der Waals surface area (Å²) >= 11 is 1.66. The lowest BCUT2D eigenvalue weighted by Gasteiger charge is -2.45. The predicted molar refractivity (Wildman–Crippen MR) is 370 cm³/mol. The van der Waals surface area contributed by atoms with Gasteiger partial charge in [-0.15, -0.1) is 0 Å². The normalized spacial score (nSPS) is 21.6. The Balaban J connectivity index is 0.738. The van der Waals surface area contributed by atoms with Crippen LogP contribution in [0.15, 0.2) is 134 Å². The Morgan fingerprint density at radius 3 is 1.97 bits per heavy atom. The van der Waals surface area contributed by atoms with Crippen molar-refractivity contribution in [1.29, 1.82) is 0 Å². The van der Waals surface area contributed by atoms with Gasteiger partial charge in [-0.3, -0.25) is 32.5 Å². The zero-order valence-corrected chi connectivity index (χ0v) is 59.6. The van der Waals surface area contributed by atoms with Crippen molar-refractivity contribution in [3.8, 4) is 23.7 Å². The van der Waals surface area contributed by atoms with Gasteiger partial charge in [0.1, 0.15) is 67.3 Å². The molecule has 6 aromatic rings. The van der Waals surface area contributed by atoms with Gasteiger partial charge in [0.15, 0.2) is 17.7 Å². The number of nitrogens with two attached hydrogens (primary N) is 1. The van der Waals surface area contributed by atoms with Gasteiger partial charge in [0.05, 0.1) is 65.2 Å². The number of rotatable bonds is 40. The molecule has 102 heavy (non-hydrogen) atoms. The molecule has 11 N–H and O–H groups in total. The van der Waals surface area contributed by atoms with E-state index in [1.807, 2.05) is 121 Å². The van der Waals surface area contributed by atoms with Crippen LogP contribution in [-0.4, -0.2) is 192 Å². The molecule has 3 unspecified atom stereocenters. The summed E-state index contributed by atoms with van der Waals surface area (Å²) < 4.78 is 101. The van der Waals surface area contributed by atoms with Crippen LogP contribution in [0.5, 0.6) is 0 Å². The Morgan fingerprint density at radius 1 is 0.716 bits per heavy atom. The van der Waals surface area contributed by atoms with Crippen molar-refractivity contribution in [2.45, 2.75) is 126 Å². The number of aliphatic hydroxyl groups excluding tert-OH is 2. The van der Waals surface area contributed by atoms with Crippen molar-refractivity contribution >= 4 is 69.9 Å². The number of nitrogen functional groups attached to an aromatic ring is 1. The third-order valence-electron chi connectivity index (χ3n) is 15.7. The summed E-state index contributed by atoms with van der Waals surface area (Å²) in [5, 5.41) is 30.3. The number of anilines is 1. The predicted octanol–water partition coefficient (Wildman–Crippen LogP) is 4.84. The summed E-state index contributed by atoms with van der Waals surface area (Å²) in [5.74, 6) is 10.6. The van der Waals surface area contributed by atoms with Crippen LogP contribution < -0.4 is 21.7 Å². The highest BCUT2D eigenvalue weighted by atomic mass is 32.2. The molecule has 0 spiro atoms. The molecule has 4 aromatic carbocycles. The van der Waals surface area contributed by atoms with E-state index in [-0.39, 0.29) is 74.1 Å². The molecule has 2 aliphatic rings. The van der Waals surface area contributed by atoms with Crippen LogP contribution in [0.2, 0.25) is 0 Å². The number of phosphoric ester groups is 3. The van der Waals surface area contributed by atoms with Crippen molar-refractivity contribution in [1.82, 2.24) is 35.5 Å². The fourth-order valence-electron chi connectivity index (χ4n) is 10.6. The average molecular weight is 1500 g/mol. The molecular formula is C67H85N8O23P3S. The zero-order valence-electron chi connectivity index (χ0n) is 56.1. The molecule has 3 amide bonds. The fourth-order valence-corrected chi connectivity index (χ4v) is 14.6. The fraction of sp³-hybridized carbons (Fsp3) is 0.463. The first-order chi connectivity index (χ1) is 48.8. The molecule has 2 aliphatic heterocycles. The van der Waals surface area contributed by atoms with Crippen LogP contribution in [0.1, 0.15) is 62.1 Å². The Kier molecular flexibility index (Phi) is 31.6. The standard InChI is InChI=1S/C67H85N8O23P3S/c1-46(76)74-56-52(95-53(41-90-38-48-21-11-5-12-22-48)60(91-39-49-23-13-6-14-24-49)61(56)92-40-50-25-15-7-16-26-50)27-17-8-18-32-88-34-35-89-33-29-51(37-47-19-9-4-10-20-47)102-36-31-69-55(77)28-30-70-65(80)62(79)67(2,3)43-94-101(86,87)98-100(84,85)93-42-54-59(97-99(81,82)83)58(78)66(96-54)75-45-73-57-63(68)71-44-72-64(57)75/h4-7,9-16,19-26,44-45,51-54,56,58-62,66,78-79H,28-43H2,1-3H3,(H,69,77)(H,70,80)(H,74,76)(H,84,85)(H,86,87)(H2,68,71,72)(H2,81,82,83)/t51?,52-,53-,54-,56+,58-,59-,60+,61-,62+,66-/m1/s1. The lowest BCUT2D eigenvalue weighted by Crippen LogP contribution is -2.65. The van der Waals surface area contributed by atoms with E-state index in [0.29, 0.717) is 38.5 Å². The monoisotopic (exact) mass is 1490 g/mol. The van der Waals surface area contributed by atoms with Gasteiger partial charge < -0.3 is 84.6 Å². The van der Waals surface area contributed by atoms with Gasteiger partial charge in [0, 0.05) is 49.5 Å². The largest absolute Gasteiger partial charge is 0.481 e. The van der Waals surface area contributed by atoms with Crippen molar-refractivity contribution < 1.29 is 109 Å². The molecule has 0 saturated carbocycles. The maximum absolute atomic E-state index is 13.0. The quantitative estimate of drug-likeness (QED) is 0.0140. The molecule has 13 atom stereocenters. The number of aliphatic hydroxyl groups is 2. The van der Waals surface area contributed by atoms with Gasteiger partial charge in [-0.2, -0.15) is 16.1 Å². The minimum absolute atomic E-state index is 0.0223. The molecule has 31 nitrogen and oxygen atoms in total. The number of ether oxygens (including phenoxy) is 7. The highest BCUT2D eigenvalue weighted by Crippen LogP contribution is 2.61. The summed E-state index contributed by atoms with van der Waals surface area (Å²) in [6.45, 7) is 4.05. The van der Waals surface area contributed by atoms with Crippen molar-refractivity contribution in [3.05, 3.63) is 156 Å². The number of phosphoric acid groups is 3. The van der Waals surface area contributed by atoms with Crippen molar-refractivity contribution in [3.63, 3.8) is 0 Å². The van der Waals surface area contributed by atoms with E-state index in [9.17, 15) is 57.9 Å². The third kappa shape index (κ3) is 26.4. The van der Waals surface area contributed by atoms with Gasteiger partial charge in [-0.1, -0.05) is 147 Å². The topological polar surface area (TPSA) is 431 Å². The molecule has 8 rings (SSSR count). The number of amides is 3. The molecule has 552 valence electrons. The first-order valence-electron chi connectivity index (χ1n) is 32.4. The van der Waals surface area contributed by atoms with Crippen LogP contribution in [-0.2, 0) is 105 Å². The number of imidazole rings is 1. The highest BCUT2D eigenvalue weighted by Gasteiger charge is 2.51. The molecule has 4 heterocycles. The SMILES string of the molecule is CC(=O)N[C@@H]1[C@@H](OCc2ccccc2)[C@@H](OCc2ccccc2)[C@@H](COCc2ccccc2)O[C@@H]1C#CC#CCOCCOCCC(Cc1ccccc1)SCCNC(=O)CCNC(=O)[C@H](O)C(C)(C)COP(=O)(O)OP(=O)(O)OC[C@H]1O[C@@H](n2cnc3c(N)ncnc32)[C@H](O)[C@@H]1OP(=O)(O)O. The number of hydrogen-bond acceptors (Lipinski definition) is 24. The molecule has 2 saturated heterocycles. The van der Waals surface area contributed by atoms with E-state index in [0.717, 1.165) is 45.9 Å². The second-order valence-electron chi connectivity index (χ2n) is 24.1. The Hall–Kier alpha value is -6.88. The maximum atomic E-state index is 13.0. The minimum atomic E-state index is -5.62. The second-order valence-corrected chi connectivity index (χ2v) is 29.8. The number of nitrogens with zero attached hydrogens (tertiary/aromatic N) is 4. The average Bonchev–Trinajstić information content (AvgIpc) is 1.53. The van der Waals surface area contributed by atoms with Crippen molar-refractivity contribution in [2.24, 2.45) is 5.41 Å². The second kappa shape index (κ2) is 39.8. The molecular weight excluding hydrogens is 1410 g/mol. The van der Waals surface area contributed by atoms with E-state index in [4.69, 9.17) is 52.5 Å². The number of carbonyl (C=O) groups is 3. The van der Waals surface area contributed by atoms with Gasteiger partial charge >= 0.3 is 23.5 Å². The molecule has 35 heteroatoms. The highest BCUT2D eigenvalue weighted by molar-refractivity contribution is 7.99. The number of fused-ring (bicyclic) bond motifs is 1. The van der Waals surface area contributed by atoms with Crippen LogP contribution in [0.4, 0.5) is 5.82 Å². The summed E-state index contributed by atoms with van der Waals surface area (Å²) in [7, 11) is -16.5. The molecule has 2 fully saturated rings. The Morgan fingerprint density at radius 2 is 1.32 bits per heavy atom. The lowest BCUT2D eigenvalue weighted by molar-refractivity contribution is -0.222. The smallest absolute Gasteiger partial charge is 0.386 e. The molecule has 0 aliphatic carbocycles. The first kappa shape index (κ1) is 80.8. The van der Waals surface area contributed by atoms with Crippen LogP contribution >= 0.6 is 35.2 Å². The number of thioether (sulfide) groups is 1. The molecule has 0 bridgehead atoms.